The van der Waals surface area contributed by atoms with Gasteiger partial charge >= 0.3 is 5.97 Å². The number of unbranched alkanes of at least 4 members (excludes halogenated alkanes) is 2. The minimum Gasteiger partial charge on any atom is -0.465 e. The molecule has 1 N–H and O–H groups in total. The van der Waals surface area contributed by atoms with E-state index < -0.39 is 33.4 Å². The van der Waals surface area contributed by atoms with Crippen LogP contribution < -0.4 is 4.90 Å². The second-order valence-electron chi connectivity index (χ2n) is 12.8. The molecule has 2 unspecified atom stereocenters. The van der Waals surface area contributed by atoms with Gasteiger partial charge in [0.15, 0.2) is 0 Å². The second-order valence-corrected chi connectivity index (χ2v) is 14.7. The van der Waals surface area contributed by atoms with Crippen molar-refractivity contribution in [3.63, 3.8) is 0 Å². The highest BCUT2D eigenvalue weighted by atomic mass is 32.2. The van der Waals surface area contributed by atoms with Crippen molar-refractivity contribution in [3.05, 3.63) is 67.8 Å². The Bertz CT molecular complexity index is 1430. The number of aliphatic hydroxyl groups is 1. The molecule has 8 heteroatoms. The zero-order valence-corrected chi connectivity index (χ0v) is 27.1. The van der Waals surface area contributed by atoms with Crippen LogP contribution in [0.5, 0.6) is 0 Å². The van der Waals surface area contributed by atoms with Crippen LogP contribution in [0.15, 0.2) is 67.8 Å². The molecule has 1 spiro atoms. The molecule has 3 heterocycles. The molecule has 0 radical (unpaired) electrons. The molecule has 0 saturated carbocycles. The molecule has 7 atom stereocenters. The molecule has 3 saturated heterocycles. The standard InChI is InChI=1S/C36H46N2O5S/c1-6-9-10-13-21-43-34(42)30-29-32(40)38(28(23-39)24(4)8-3)31(36(29)19-18-35(30,5)44-36)33(41)37(20-7-2)27-17-16-25-14-11-12-15-26(25)22-27/h6-7,11-12,14-17,22,24,28-31,39H,1-2,8-10,13,18-21,23H2,3-5H3/t24-,28-,29-,30-,31?,35+,36?/m0/s1. The molecule has 5 rings (SSSR count). The Morgan fingerprint density at radius 2 is 1.91 bits per heavy atom. The first-order valence-electron chi connectivity index (χ1n) is 16.0. The van der Waals surface area contributed by atoms with E-state index in [0.717, 1.165) is 42.1 Å². The molecule has 3 aliphatic rings. The van der Waals surface area contributed by atoms with Crippen molar-refractivity contribution >= 4 is 46.0 Å². The Kier molecular flexibility index (Phi) is 9.61. The van der Waals surface area contributed by atoms with E-state index >= 15 is 4.79 Å². The van der Waals surface area contributed by atoms with E-state index in [2.05, 4.69) is 20.1 Å². The Morgan fingerprint density at radius 3 is 2.59 bits per heavy atom. The Hall–Kier alpha value is -3.10. The average Bonchev–Trinajstić information content (AvgIpc) is 3.60. The molecule has 2 aromatic carbocycles. The number of carbonyl (C=O) groups is 3. The first-order valence-corrected chi connectivity index (χ1v) is 16.8. The summed E-state index contributed by atoms with van der Waals surface area (Å²) in [5.41, 5.74) is 0.726. The molecule has 2 aromatic rings. The lowest BCUT2D eigenvalue weighted by Gasteiger charge is -2.41. The van der Waals surface area contributed by atoms with Gasteiger partial charge in [-0.25, -0.2) is 0 Å². The minimum atomic E-state index is -0.838. The third-order valence-corrected chi connectivity index (χ3v) is 12.2. The predicted octanol–water partition coefficient (Wildman–Crippen LogP) is 6.15. The maximum atomic E-state index is 15.0. The summed E-state index contributed by atoms with van der Waals surface area (Å²) in [7, 11) is 0. The van der Waals surface area contributed by atoms with Crippen LogP contribution in [-0.2, 0) is 19.1 Å². The fraction of sp³-hybridized carbons (Fsp3) is 0.528. The number of carbonyl (C=O) groups excluding carboxylic acids is 3. The number of ether oxygens (including phenoxy) is 1. The number of hydrogen-bond acceptors (Lipinski definition) is 6. The van der Waals surface area contributed by atoms with Gasteiger partial charge < -0.3 is 19.6 Å². The number of fused-ring (bicyclic) bond motifs is 2. The number of aliphatic hydroxyl groups excluding tert-OH is 1. The number of likely N-dealkylation sites (tertiary alicyclic amines) is 1. The van der Waals surface area contributed by atoms with E-state index in [1.54, 1.807) is 27.6 Å². The smallest absolute Gasteiger partial charge is 0.311 e. The minimum absolute atomic E-state index is 0.0453. The lowest BCUT2D eigenvalue weighted by atomic mass is 9.66. The van der Waals surface area contributed by atoms with Gasteiger partial charge in [0.2, 0.25) is 5.91 Å². The lowest BCUT2D eigenvalue weighted by Crippen LogP contribution is -2.58. The number of esters is 1. The topological polar surface area (TPSA) is 87.1 Å². The molecule has 3 fully saturated rings. The SMILES string of the molecule is C=CCCCCOC(=O)[C@@H]1[C@H]2C(=O)N([C@@H](CO)[C@@H](C)CC)C(C(=O)N(CC=C)c3ccc4ccccc4c3)C23CC[C@@]1(C)S3. The highest BCUT2D eigenvalue weighted by Crippen LogP contribution is 2.72. The Morgan fingerprint density at radius 1 is 1.16 bits per heavy atom. The van der Waals surface area contributed by atoms with Crippen LogP contribution in [-0.4, -0.2) is 69.1 Å². The van der Waals surface area contributed by atoms with Gasteiger partial charge in [-0.1, -0.05) is 62.8 Å². The van der Waals surface area contributed by atoms with Crippen LogP contribution >= 0.6 is 11.8 Å². The van der Waals surface area contributed by atoms with Gasteiger partial charge in [-0.05, 0) is 67.9 Å². The zero-order chi connectivity index (χ0) is 31.6. The third kappa shape index (κ3) is 5.38. The average molecular weight is 619 g/mol. The van der Waals surface area contributed by atoms with Crippen molar-refractivity contribution < 1.29 is 24.2 Å². The van der Waals surface area contributed by atoms with E-state index in [4.69, 9.17) is 4.74 Å². The van der Waals surface area contributed by atoms with Crippen LogP contribution in [0.25, 0.3) is 10.8 Å². The maximum absolute atomic E-state index is 15.0. The molecule has 2 amide bonds. The van der Waals surface area contributed by atoms with Crippen LogP contribution in [0.2, 0.25) is 0 Å². The maximum Gasteiger partial charge on any atom is 0.311 e. The van der Waals surface area contributed by atoms with Gasteiger partial charge in [-0.3, -0.25) is 14.4 Å². The summed E-state index contributed by atoms with van der Waals surface area (Å²) in [6, 6.07) is 12.5. The molecule has 44 heavy (non-hydrogen) atoms. The summed E-state index contributed by atoms with van der Waals surface area (Å²) in [5.74, 6) is -2.17. The summed E-state index contributed by atoms with van der Waals surface area (Å²) in [6.07, 6.45) is 8.10. The van der Waals surface area contributed by atoms with Gasteiger partial charge in [0, 0.05) is 17.0 Å². The van der Waals surface area contributed by atoms with E-state index in [1.807, 2.05) is 62.4 Å². The number of anilines is 1. The molecule has 236 valence electrons. The highest BCUT2D eigenvalue weighted by Gasteiger charge is 2.78. The van der Waals surface area contributed by atoms with Crippen LogP contribution in [0.3, 0.4) is 0 Å². The van der Waals surface area contributed by atoms with Crippen LogP contribution in [0.1, 0.15) is 59.3 Å². The van der Waals surface area contributed by atoms with Crippen molar-refractivity contribution in [1.82, 2.24) is 4.90 Å². The fourth-order valence-electron chi connectivity index (χ4n) is 7.77. The monoisotopic (exact) mass is 618 g/mol. The van der Waals surface area contributed by atoms with Crippen LogP contribution in [0, 0.1) is 17.8 Å². The number of hydrogen-bond donors (Lipinski definition) is 1. The van der Waals surface area contributed by atoms with E-state index in [9.17, 15) is 14.7 Å². The summed E-state index contributed by atoms with van der Waals surface area (Å²) < 4.78 is 4.50. The number of benzene rings is 2. The first kappa shape index (κ1) is 32.3. The van der Waals surface area contributed by atoms with Crippen molar-refractivity contribution in [3.8, 4) is 0 Å². The number of rotatable bonds is 14. The molecule has 2 bridgehead atoms. The van der Waals surface area contributed by atoms with Crippen molar-refractivity contribution in [2.24, 2.45) is 17.8 Å². The summed E-state index contributed by atoms with van der Waals surface area (Å²) >= 11 is 1.63. The fourth-order valence-corrected chi connectivity index (χ4v) is 10.1. The summed E-state index contributed by atoms with van der Waals surface area (Å²) in [6.45, 7) is 14.1. The number of thioether (sulfide) groups is 1. The molecular formula is C36H46N2O5S. The van der Waals surface area contributed by atoms with Crippen LogP contribution in [0.4, 0.5) is 5.69 Å². The normalized spacial score (nSPS) is 28.5. The van der Waals surface area contributed by atoms with Gasteiger partial charge in [0.05, 0.1) is 35.8 Å². The molecular weight excluding hydrogens is 572 g/mol. The van der Waals surface area contributed by atoms with Gasteiger partial charge in [0.1, 0.15) is 6.04 Å². The largest absolute Gasteiger partial charge is 0.465 e. The molecule has 7 nitrogen and oxygen atoms in total. The first-order chi connectivity index (χ1) is 21.2. The highest BCUT2D eigenvalue weighted by molar-refractivity contribution is 8.02. The quantitative estimate of drug-likeness (QED) is 0.155. The van der Waals surface area contributed by atoms with Crippen molar-refractivity contribution in [2.75, 3.05) is 24.7 Å². The van der Waals surface area contributed by atoms with E-state index in [0.29, 0.717) is 19.4 Å². The van der Waals surface area contributed by atoms with E-state index in [1.165, 1.54) is 0 Å². The molecule has 0 aliphatic carbocycles. The lowest BCUT2D eigenvalue weighted by molar-refractivity contribution is -0.156. The molecule has 0 aromatic heterocycles. The number of amides is 2. The number of allylic oxidation sites excluding steroid dienone is 1. The third-order valence-electron chi connectivity index (χ3n) is 10.2. The molecule has 3 aliphatic heterocycles. The van der Waals surface area contributed by atoms with Gasteiger partial charge in [0.25, 0.3) is 5.91 Å². The van der Waals surface area contributed by atoms with Crippen molar-refractivity contribution in [1.29, 1.82) is 0 Å². The van der Waals surface area contributed by atoms with Gasteiger partial charge in [-0.15, -0.1) is 24.9 Å². The summed E-state index contributed by atoms with van der Waals surface area (Å²) in [5, 5.41) is 12.8. The zero-order valence-electron chi connectivity index (χ0n) is 26.2. The number of nitrogens with zero attached hydrogens (tertiary/aromatic N) is 2. The van der Waals surface area contributed by atoms with Crippen molar-refractivity contribution in [2.45, 2.75) is 80.9 Å². The Balaban J connectivity index is 1.57. The summed E-state index contributed by atoms with van der Waals surface area (Å²) in [4.78, 5) is 46.8. The van der Waals surface area contributed by atoms with Gasteiger partial charge in [-0.2, -0.15) is 0 Å². The second kappa shape index (κ2) is 13.1. The predicted molar refractivity (Wildman–Crippen MR) is 177 cm³/mol. The Labute approximate surface area is 265 Å². The van der Waals surface area contributed by atoms with E-state index in [-0.39, 0.29) is 36.9 Å².